The van der Waals surface area contributed by atoms with Crippen molar-refractivity contribution in [3.8, 4) is 5.75 Å². The van der Waals surface area contributed by atoms with Crippen LogP contribution in [0, 0.1) is 13.8 Å². The zero-order chi connectivity index (χ0) is 15.1. The lowest BCUT2D eigenvalue weighted by molar-refractivity contribution is 0.109. The predicted molar refractivity (Wildman–Crippen MR) is 87.2 cm³/mol. The number of aryl methyl sites for hydroxylation is 2. The molecule has 0 aromatic heterocycles. The molecule has 1 aromatic carbocycles. The second kappa shape index (κ2) is 8.20. The molecule has 21 heavy (non-hydrogen) atoms. The minimum absolute atomic E-state index is 0.391. The van der Waals surface area contributed by atoms with Crippen LogP contribution in [0.5, 0.6) is 5.75 Å². The Kier molecular flexibility index (Phi) is 6.27. The molecular weight excluding hydrogens is 262 g/mol. The van der Waals surface area contributed by atoms with Gasteiger partial charge in [-0.1, -0.05) is 23.8 Å². The average Bonchev–Trinajstić information content (AvgIpc) is 2.94. The molecule has 2 rings (SSSR count). The van der Waals surface area contributed by atoms with Gasteiger partial charge in [0.2, 0.25) is 0 Å². The molecule has 3 nitrogen and oxygen atoms in total. The molecule has 1 aromatic rings. The van der Waals surface area contributed by atoms with E-state index in [0.717, 1.165) is 31.9 Å². The monoisotopic (exact) mass is 289 g/mol. The van der Waals surface area contributed by atoms with E-state index in [0.29, 0.717) is 12.7 Å². The molecule has 1 aliphatic heterocycles. The van der Waals surface area contributed by atoms with Crippen LogP contribution >= 0.6 is 0 Å². The number of benzene rings is 1. The Morgan fingerprint density at radius 2 is 2.29 bits per heavy atom. The van der Waals surface area contributed by atoms with Crippen LogP contribution in [0.4, 0.5) is 0 Å². The molecule has 1 N–H and O–H groups in total. The zero-order valence-electron chi connectivity index (χ0n) is 13.3. The van der Waals surface area contributed by atoms with Crippen molar-refractivity contribution >= 4 is 0 Å². The summed E-state index contributed by atoms with van der Waals surface area (Å²) < 4.78 is 11.6. The second-order valence-corrected chi connectivity index (χ2v) is 5.75. The Morgan fingerprint density at radius 1 is 1.43 bits per heavy atom. The van der Waals surface area contributed by atoms with E-state index in [1.165, 1.54) is 29.5 Å². The summed E-state index contributed by atoms with van der Waals surface area (Å²) in [5, 5.41) is 3.41. The maximum absolute atomic E-state index is 5.99. The highest BCUT2D eigenvalue weighted by Crippen LogP contribution is 2.26. The van der Waals surface area contributed by atoms with Gasteiger partial charge in [-0.3, -0.25) is 0 Å². The highest BCUT2D eigenvalue weighted by Gasteiger charge is 2.14. The van der Waals surface area contributed by atoms with E-state index in [1.807, 2.05) is 6.08 Å². The minimum Gasteiger partial charge on any atom is -0.492 e. The van der Waals surface area contributed by atoms with Crippen LogP contribution < -0.4 is 10.1 Å². The summed E-state index contributed by atoms with van der Waals surface area (Å²) in [6, 6.07) is 4.35. The van der Waals surface area contributed by atoms with Gasteiger partial charge in [-0.05, 0) is 44.2 Å². The lowest BCUT2D eigenvalue weighted by Gasteiger charge is -2.16. The summed E-state index contributed by atoms with van der Waals surface area (Å²) in [6.45, 7) is 11.4. The summed E-state index contributed by atoms with van der Waals surface area (Å²) in [6.07, 6.45) is 5.53. The predicted octanol–water partition coefficient (Wildman–Crippen LogP) is 3.18. The first kappa shape index (κ1) is 16.1. The van der Waals surface area contributed by atoms with Crippen molar-refractivity contribution in [3.63, 3.8) is 0 Å². The van der Waals surface area contributed by atoms with Crippen LogP contribution in [0.2, 0.25) is 0 Å². The molecule has 0 unspecified atom stereocenters. The smallest absolute Gasteiger partial charge is 0.125 e. The van der Waals surface area contributed by atoms with Crippen LogP contribution in [0.25, 0.3) is 0 Å². The Morgan fingerprint density at radius 3 is 3.00 bits per heavy atom. The van der Waals surface area contributed by atoms with Crippen molar-refractivity contribution in [1.29, 1.82) is 0 Å². The molecule has 0 spiro atoms. The molecule has 116 valence electrons. The van der Waals surface area contributed by atoms with E-state index < -0.39 is 0 Å². The fraction of sp³-hybridized carbons (Fsp3) is 0.556. The van der Waals surface area contributed by atoms with Gasteiger partial charge in [0.25, 0.3) is 0 Å². The Balaban J connectivity index is 1.80. The van der Waals surface area contributed by atoms with Gasteiger partial charge >= 0.3 is 0 Å². The molecule has 1 fully saturated rings. The van der Waals surface area contributed by atoms with Gasteiger partial charge < -0.3 is 14.8 Å². The summed E-state index contributed by atoms with van der Waals surface area (Å²) >= 11 is 0. The first-order valence-corrected chi connectivity index (χ1v) is 7.87. The average molecular weight is 289 g/mol. The normalized spacial score (nSPS) is 17.9. The van der Waals surface area contributed by atoms with Gasteiger partial charge in [0.15, 0.2) is 0 Å². The third-order valence-electron chi connectivity index (χ3n) is 3.78. The zero-order valence-corrected chi connectivity index (χ0v) is 13.3. The molecule has 1 saturated heterocycles. The molecule has 0 aliphatic carbocycles. The standard InChI is InChI=1S/C18H27NO2/c1-4-6-16-12-14(2)11-15(3)18(16)21-10-8-19-13-17-7-5-9-20-17/h4,11-12,17,19H,1,5-10,13H2,2-3H3/t17-/m0/s1. The van der Waals surface area contributed by atoms with Gasteiger partial charge in [0, 0.05) is 19.7 Å². The minimum atomic E-state index is 0.391. The van der Waals surface area contributed by atoms with Crippen LogP contribution in [0.3, 0.4) is 0 Å². The third-order valence-corrected chi connectivity index (χ3v) is 3.78. The molecule has 1 heterocycles. The fourth-order valence-corrected chi connectivity index (χ4v) is 2.85. The molecule has 0 saturated carbocycles. The van der Waals surface area contributed by atoms with Crippen LogP contribution in [-0.4, -0.2) is 32.4 Å². The Labute approximate surface area is 128 Å². The van der Waals surface area contributed by atoms with Crippen molar-refractivity contribution in [2.45, 2.75) is 39.2 Å². The number of hydrogen-bond acceptors (Lipinski definition) is 3. The maximum Gasteiger partial charge on any atom is 0.125 e. The molecule has 3 heteroatoms. The second-order valence-electron chi connectivity index (χ2n) is 5.75. The van der Waals surface area contributed by atoms with Crippen molar-refractivity contribution in [2.24, 2.45) is 0 Å². The van der Waals surface area contributed by atoms with Gasteiger partial charge in [0.05, 0.1) is 6.10 Å². The molecule has 1 aliphatic rings. The van der Waals surface area contributed by atoms with Crippen molar-refractivity contribution in [1.82, 2.24) is 5.32 Å². The van der Waals surface area contributed by atoms with Crippen molar-refractivity contribution in [3.05, 3.63) is 41.5 Å². The van der Waals surface area contributed by atoms with Crippen LogP contribution in [0.1, 0.15) is 29.5 Å². The first-order valence-electron chi connectivity index (χ1n) is 7.87. The number of allylic oxidation sites excluding steroid dienone is 1. The number of ether oxygens (including phenoxy) is 2. The van der Waals surface area contributed by atoms with Crippen LogP contribution in [0.15, 0.2) is 24.8 Å². The van der Waals surface area contributed by atoms with E-state index >= 15 is 0 Å². The summed E-state index contributed by atoms with van der Waals surface area (Å²) in [4.78, 5) is 0. The van der Waals surface area contributed by atoms with Gasteiger partial charge in [-0.25, -0.2) is 0 Å². The molecule has 0 radical (unpaired) electrons. The Hall–Kier alpha value is -1.32. The quantitative estimate of drug-likeness (QED) is 0.589. The molecule has 0 bridgehead atoms. The highest BCUT2D eigenvalue weighted by atomic mass is 16.5. The van der Waals surface area contributed by atoms with Crippen molar-refractivity contribution in [2.75, 3.05) is 26.3 Å². The topological polar surface area (TPSA) is 30.5 Å². The van der Waals surface area contributed by atoms with E-state index in [-0.39, 0.29) is 0 Å². The number of hydrogen-bond donors (Lipinski definition) is 1. The van der Waals surface area contributed by atoms with Crippen molar-refractivity contribution < 1.29 is 9.47 Å². The van der Waals surface area contributed by atoms with Gasteiger partial charge in [-0.15, -0.1) is 6.58 Å². The highest BCUT2D eigenvalue weighted by molar-refractivity contribution is 5.44. The fourth-order valence-electron chi connectivity index (χ4n) is 2.85. The summed E-state index contributed by atoms with van der Waals surface area (Å²) in [7, 11) is 0. The van der Waals surface area contributed by atoms with E-state index in [4.69, 9.17) is 9.47 Å². The van der Waals surface area contributed by atoms with Gasteiger partial charge in [0.1, 0.15) is 12.4 Å². The first-order chi connectivity index (χ1) is 10.2. The third kappa shape index (κ3) is 4.87. The van der Waals surface area contributed by atoms with Crippen LogP contribution in [-0.2, 0) is 11.2 Å². The number of rotatable bonds is 8. The molecule has 0 amide bonds. The summed E-state index contributed by atoms with van der Waals surface area (Å²) in [5.74, 6) is 1.01. The van der Waals surface area contributed by atoms with E-state index in [9.17, 15) is 0 Å². The van der Waals surface area contributed by atoms with E-state index in [1.54, 1.807) is 0 Å². The largest absolute Gasteiger partial charge is 0.492 e. The van der Waals surface area contributed by atoms with E-state index in [2.05, 4.69) is 37.9 Å². The Bertz CT molecular complexity index is 465. The van der Waals surface area contributed by atoms with Gasteiger partial charge in [-0.2, -0.15) is 0 Å². The SMILES string of the molecule is C=CCc1cc(C)cc(C)c1OCCNC[C@@H]1CCCO1. The molecular formula is C18H27NO2. The lowest BCUT2D eigenvalue weighted by Crippen LogP contribution is -2.29. The maximum atomic E-state index is 5.99. The lowest BCUT2D eigenvalue weighted by atomic mass is 10.0. The summed E-state index contributed by atoms with van der Waals surface area (Å²) in [5.41, 5.74) is 3.70. The molecule has 1 atom stereocenters. The number of nitrogens with one attached hydrogen (secondary N) is 1.